The predicted octanol–water partition coefficient (Wildman–Crippen LogP) is 6.73. The molecule has 1 aliphatic carbocycles. The fraction of sp³-hybridized carbons (Fsp3) is 0.391. The number of rotatable bonds is 6. The monoisotopic (exact) mass is 373 g/mol. The Labute approximate surface area is 159 Å². The van der Waals surface area contributed by atoms with Gasteiger partial charge < -0.3 is 5.32 Å². The smallest absolute Gasteiger partial charge is 0.310 e. The number of fused-ring (bicyclic) bond motifs is 1. The van der Waals surface area contributed by atoms with Crippen molar-refractivity contribution in [2.45, 2.75) is 45.3 Å². The zero-order valence-electron chi connectivity index (χ0n) is 15.8. The third-order valence-electron chi connectivity index (χ3n) is 5.38. The Kier molecular flexibility index (Phi) is 6.05. The van der Waals surface area contributed by atoms with Gasteiger partial charge in [-0.05, 0) is 55.0 Å². The van der Waals surface area contributed by atoms with Crippen molar-refractivity contribution in [1.29, 1.82) is 0 Å². The summed E-state index contributed by atoms with van der Waals surface area (Å²) in [5.74, 6) is 0.187. The molecule has 0 fully saturated rings. The van der Waals surface area contributed by atoms with Gasteiger partial charge in [0.05, 0.1) is 5.57 Å². The third kappa shape index (κ3) is 4.81. The van der Waals surface area contributed by atoms with Crippen LogP contribution in [0.15, 0.2) is 65.8 Å². The summed E-state index contributed by atoms with van der Waals surface area (Å²) in [4.78, 5) is 0. The van der Waals surface area contributed by atoms with Crippen LogP contribution in [-0.4, -0.2) is 12.7 Å². The molecule has 2 aromatic carbocycles. The molecule has 2 aromatic rings. The Morgan fingerprint density at radius 3 is 2.63 bits per heavy atom. The summed E-state index contributed by atoms with van der Waals surface area (Å²) in [6, 6.07) is 14.8. The van der Waals surface area contributed by atoms with Gasteiger partial charge in [-0.2, -0.15) is 13.2 Å². The van der Waals surface area contributed by atoms with Crippen LogP contribution in [0.5, 0.6) is 0 Å². The van der Waals surface area contributed by atoms with Crippen LogP contribution in [0, 0.1) is 5.92 Å². The van der Waals surface area contributed by atoms with Gasteiger partial charge in [0.15, 0.2) is 0 Å². The highest BCUT2D eigenvalue weighted by Gasteiger charge is 2.34. The van der Waals surface area contributed by atoms with Crippen molar-refractivity contribution in [3.63, 3.8) is 0 Å². The van der Waals surface area contributed by atoms with Gasteiger partial charge in [-0.3, -0.25) is 0 Å². The van der Waals surface area contributed by atoms with E-state index in [4.69, 9.17) is 0 Å². The normalized spacial score (nSPS) is 18.9. The van der Waals surface area contributed by atoms with E-state index in [1.165, 1.54) is 28.5 Å². The van der Waals surface area contributed by atoms with Crippen molar-refractivity contribution in [1.82, 2.24) is 5.32 Å². The van der Waals surface area contributed by atoms with Crippen molar-refractivity contribution in [3.8, 4) is 0 Å². The number of hydrogen-bond donors (Lipinski definition) is 1. The van der Waals surface area contributed by atoms with Gasteiger partial charge in [0, 0.05) is 6.04 Å². The molecular weight excluding hydrogens is 347 g/mol. The minimum absolute atomic E-state index is 0.187. The molecule has 0 saturated heterocycles. The van der Waals surface area contributed by atoms with E-state index in [0.717, 1.165) is 18.5 Å². The molecule has 1 aliphatic rings. The van der Waals surface area contributed by atoms with Gasteiger partial charge in [0.2, 0.25) is 0 Å². The van der Waals surface area contributed by atoms with Crippen LogP contribution in [0.2, 0.25) is 0 Å². The van der Waals surface area contributed by atoms with Gasteiger partial charge in [-0.1, -0.05) is 67.1 Å². The Morgan fingerprint density at radius 1 is 1.11 bits per heavy atom. The van der Waals surface area contributed by atoms with E-state index in [1.54, 1.807) is 0 Å². The van der Waals surface area contributed by atoms with Crippen LogP contribution in [0.3, 0.4) is 0 Å². The number of halogens is 3. The topological polar surface area (TPSA) is 12.0 Å². The summed E-state index contributed by atoms with van der Waals surface area (Å²) in [6.45, 7) is 4.91. The van der Waals surface area contributed by atoms with Crippen LogP contribution >= 0.6 is 0 Å². The Bertz CT molecular complexity index is 843. The van der Waals surface area contributed by atoms with Gasteiger partial charge >= 0.3 is 6.18 Å². The van der Waals surface area contributed by atoms with Gasteiger partial charge in [-0.15, -0.1) is 0 Å². The first kappa shape index (κ1) is 19.7. The minimum Gasteiger partial charge on any atom is -0.310 e. The Hall–Kier alpha value is -2.07. The Balaban J connectivity index is 1.57. The molecule has 0 amide bonds. The summed E-state index contributed by atoms with van der Waals surface area (Å²) >= 11 is 0. The second kappa shape index (κ2) is 8.30. The molecule has 0 aromatic heterocycles. The largest absolute Gasteiger partial charge is 0.416 e. The number of nitrogens with one attached hydrogen (secondary N) is 1. The molecule has 1 nitrogen and oxygen atoms in total. The second-order valence-corrected chi connectivity index (χ2v) is 7.36. The van der Waals surface area contributed by atoms with E-state index in [9.17, 15) is 13.2 Å². The molecule has 2 atom stereocenters. The molecule has 0 radical (unpaired) electrons. The zero-order chi connectivity index (χ0) is 19.4. The molecule has 144 valence electrons. The molecule has 0 heterocycles. The van der Waals surface area contributed by atoms with Crippen LogP contribution in [0.4, 0.5) is 13.2 Å². The molecule has 1 N–H and O–H groups in total. The molecule has 0 saturated carbocycles. The van der Waals surface area contributed by atoms with Crippen molar-refractivity contribution in [3.05, 3.63) is 71.3 Å². The quantitative estimate of drug-likeness (QED) is 0.554. The maximum atomic E-state index is 12.9. The lowest BCUT2D eigenvalue weighted by Gasteiger charge is -2.22. The fourth-order valence-corrected chi connectivity index (χ4v) is 3.72. The molecule has 0 aliphatic heterocycles. The van der Waals surface area contributed by atoms with E-state index >= 15 is 0 Å². The van der Waals surface area contributed by atoms with Crippen molar-refractivity contribution in [2.75, 3.05) is 6.54 Å². The lowest BCUT2D eigenvalue weighted by atomic mass is 9.87. The average molecular weight is 373 g/mol. The number of benzene rings is 2. The summed E-state index contributed by atoms with van der Waals surface area (Å²) in [7, 11) is 0. The summed E-state index contributed by atoms with van der Waals surface area (Å²) < 4.78 is 38.8. The standard InChI is InChI=1S/C23H26F3N/c1-16-12-13-20(23(24,25)26)15-19(16)9-6-14-27-17(2)21-11-5-8-18-7-3-4-10-22(18)21/h3-5,7-8,10-11,13,15-17,27H,6,9,12,14H2,1-2H3/t16?,17-/m1/s1. The van der Waals surface area contributed by atoms with E-state index < -0.39 is 11.7 Å². The first-order valence-corrected chi connectivity index (χ1v) is 9.55. The van der Waals surface area contributed by atoms with Crippen LogP contribution in [0.1, 0.15) is 44.7 Å². The molecule has 0 spiro atoms. The lowest BCUT2D eigenvalue weighted by molar-refractivity contribution is -0.0888. The predicted molar refractivity (Wildman–Crippen MR) is 106 cm³/mol. The van der Waals surface area contributed by atoms with Crippen LogP contribution in [-0.2, 0) is 0 Å². The third-order valence-corrected chi connectivity index (χ3v) is 5.38. The van der Waals surface area contributed by atoms with E-state index in [1.807, 2.05) is 19.1 Å². The average Bonchev–Trinajstić information content (AvgIpc) is 2.65. The number of alkyl halides is 3. The van der Waals surface area contributed by atoms with Crippen LogP contribution in [0.25, 0.3) is 10.8 Å². The number of allylic oxidation sites excluding steroid dienone is 4. The first-order valence-electron chi connectivity index (χ1n) is 9.55. The molecule has 0 bridgehead atoms. The highest BCUT2D eigenvalue weighted by Crippen LogP contribution is 2.35. The van der Waals surface area contributed by atoms with Crippen LogP contribution < -0.4 is 5.32 Å². The molecular formula is C23H26F3N. The zero-order valence-corrected chi connectivity index (χ0v) is 15.8. The molecule has 1 unspecified atom stereocenters. The maximum absolute atomic E-state index is 12.9. The Morgan fingerprint density at radius 2 is 1.85 bits per heavy atom. The van der Waals surface area contributed by atoms with Gasteiger partial charge in [0.1, 0.15) is 0 Å². The first-order chi connectivity index (χ1) is 12.9. The second-order valence-electron chi connectivity index (χ2n) is 7.36. The van der Waals surface area contributed by atoms with E-state index in [-0.39, 0.29) is 12.0 Å². The lowest BCUT2D eigenvalue weighted by Crippen LogP contribution is -2.21. The van der Waals surface area contributed by atoms with Gasteiger partial charge in [-0.25, -0.2) is 0 Å². The molecule has 4 heteroatoms. The van der Waals surface area contributed by atoms with E-state index in [0.29, 0.717) is 12.8 Å². The van der Waals surface area contributed by atoms with Crippen molar-refractivity contribution < 1.29 is 13.2 Å². The highest BCUT2D eigenvalue weighted by molar-refractivity contribution is 5.86. The highest BCUT2D eigenvalue weighted by atomic mass is 19.4. The summed E-state index contributed by atoms with van der Waals surface area (Å²) in [5, 5.41) is 5.98. The minimum atomic E-state index is -4.24. The summed E-state index contributed by atoms with van der Waals surface area (Å²) in [6.07, 6.45) is 0.421. The fourth-order valence-electron chi connectivity index (χ4n) is 3.72. The van der Waals surface area contributed by atoms with Crippen molar-refractivity contribution >= 4 is 10.8 Å². The summed E-state index contributed by atoms with van der Waals surface area (Å²) in [5.41, 5.74) is 1.66. The molecule has 3 rings (SSSR count). The van der Waals surface area contributed by atoms with Gasteiger partial charge in [0.25, 0.3) is 0 Å². The van der Waals surface area contributed by atoms with Crippen molar-refractivity contribution in [2.24, 2.45) is 5.92 Å². The molecule has 27 heavy (non-hydrogen) atoms. The number of hydrogen-bond acceptors (Lipinski definition) is 1. The van der Waals surface area contributed by atoms with E-state index in [2.05, 4.69) is 42.6 Å². The maximum Gasteiger partial charge on any atom is 0.416 e. The SMILES string of the molecule is CC1CC=C(C(F)(F)F)C=C1CCCN[C@H](C)c1cccc2ccccc12.